The van der Waals surface area contributed by atoms with Crippen LogP contribution in [0.1, 0.15) is 11.1 Å². The van der Waals surface area contributed by atoms with Crippen molar-refractivity contribution in [3.05, 3.63) is 83.1 Å². The van der Waals surface area contributed by atoms with Gasteiger partial charge >= 0.3 is 0 Å². The summed E-state index contributed by atoms with van der Waals surface area (Å²) >= 11 is 6.17. The second kappa shape index (κ2) is 8.35. The van der Waals surface area contributed by atoms with Crippen LogP contribution in [0.2, 0.25) is 5.02 Å². The molecule has 0 fully saturated rings. The molecule has 0 aliphatic heterocycles. The Labute approximate surface area is 152 Å². The predicted molar refractivity (Wildman–Crippen MR) is 102 cm³/mol. The first-order chi connectivity index (χ1) is 12.3. The molecule has 0 atom stereocenters. The molecule has 0 saturated heterocycles. The highest BCUT2D eigenvalue weighted by Crippen LogP contribution is 2.14. The topological polar surface area (TPSA) is 54.2 Å². The molecule has 0 unspecified atom stereocenters. The largest absolute Gasteiger partial charge is 0.352 e. The summed E-state index contributed by atoms with van der Waals surface area (Å²) in [6.45, 7) is 1.30. The summed E-state index contributed by atoms with van der Waals surface area (Å²) in [7, 11) is 1.75. The van der Waals surface area contributed by atoms with Crippen molar-refractivity contribution in [2.24, 2.45) is 4.99 Å². The Bertz CT molecular complexity index is 825. The fraction of sp³-hybridized carbons (Fsp3) is 0.158. The Morgan fingerprint density at radius 3 is 2.48 bits per heavy atom. The number of nitrogens with zero attached hydrogens (tertiary/aromatic N) is 3. The predicted octanol–water partition coefficient (Wildman–Crippen LogP) is 3.39. The van der Waals surface area contributed by atoms with Gasteiger partial charge in [0.15, 0.2) is 5.96 Å². The fourth-order valence-electron chi connectivity index (χ4n) is 2.42. The fourth-order valence-corrected chi connectivity index (χ4v) is 2.62. The molecule has 2 N–H and O–H groups in total. The van der Waals surface area contributed by atoms with Crippen LogP contribution >= 0.6 is 11.6 Å². The Balaban J connectivity index is 1.53. The van der Waals surface area contributed by atoms with Crippen LogP contribution in [0.5, 0.6) is 0 Å². The number of aromatic nitrogens is 2. The molecule has 3 rings (SSSR count). The number of benzene rings is 2. The molecule has 0 amide bonds. The highest BCUT2D eigenvalue weighted by Gasteiger charge is 2.02. The van der Waals surface area contributed by atoms with Crippen LogP contribution in [0, 0.1) is 0 Å². The minimum absolute atomic E-state index is 0.623. The van der Waals surface area contributed by atoms with Gasteiger partial charge in [0.1, 0.15) is 0 Å². The Morgan fingerprint density at radius 2 is 1.80 bits per heavy atom. The highest BCUT2D eigenvalue weighted by molar-refractivity contribution is 6.31. The maximum atomic E-state index is 6.17. The molecule has 1 heterocycles. The summed E-state index contributed by atoms with van der Waals surface area (Å²) in [5.41, 5.74) is 3.24. The van der Waals surface area contributed by atoms with Crippen LogP contribution < -0.4 is 10.6 Å². The van der Waals surface area contributed by atoms with Gasteiger partial charge in [-0.3, -0.25) is 4.99 Å². The van der Waals surface area contributed by atoms with E-state index >= 15 is 0 Å². The minimum Gasteiger partial charge on any atom is -0.352 e. The van der Waals surface area contributed by atoms with Crippen molar-refractivity contribution in [3.8, 4) is 5.69 Å². The van der Waals surface area contributed by atoms with Gasteiger partial charge in [-0.25, -0.2) is 4.68 Å². The lowest BCUT2D eigenvalue weighted by Gasteiger charge is -2.13. The first-order valence-electron chi connectivity index (χ1n) is 8.03. The van der Waals surface area contributed by atoms with Crippen molar-refractivity contribution in [2.75, 3.05) is 7.05 Å². The van der Waals surface area contributed by atoms with Gasteiger partial charge in [0, 0.05) is 37.6 Å². The van der Waals surface area contributed by atoms with E-state index in [1.165, 1.54) is 0 Å². The monoisotopic (exact) mass is 353 g/mol. The molecule has 0 saturated carbocycles. The molecule has 1 aromatic heterocycles. The second-order valence-electron chi connectivity index (χ2n) is 5.49. The molecular formula is C19H20ClN5. The minimum atomic E-state index is 0.623. The van der Waals surface area contributed by atoms with Gasteiger partial charge in [-0.15, -0.1) is 0 Å². The summed E-state index contributed by atoms with van der Waals surface area (Å²) < 4.78 is 1.83. The van der Waals surface area contributed by atoms with Gasteiger partial charge in [0.25, 0.3) is 0 Å². The van der Waals surface area contributed by atoms with Crippen molar-refractivity contribution in [2.45, 2.75) is 13.1 Å². The molecule has 25 heavy (non-hydrogen) atoms. The van der Waals surface area contributed by atoms with E-state index in [1.54, 1.807) is 13.2 Å². The number of hydrogen-bond acceptors (Lipinski definition) is 2. The van der Waals surface area contributed by atoms with Crippen LogP contribution in [0.3, 0.4) is 0 Å². The van der Waals surface area contributed by atoms with Gasteiger partial charge in [0.05, 0.1) is 5.69 Å². The van der Waals surface area contributed by atoms with Crippen LogP contribution in [-0.2, 0) is 13.1 Å². The molecule has 0 spiro atoms. The van der Waals surface area contributed by atoms with Gasteiger partial charge in [-0.1, -0.05) is 41.9 Å². The van der Waals surface area contributed by atoms with Crippen LogP contribution in [-0.4, -0.2) is 22.8 Å². The lowest BCUT2D eigenvalue weighted by atomic mass is 10.2. The summed E-state index contributed by atoms with van der Waals surface area (Å²) in [6, 6.07) is 17.9. The van der Waals surface area contributed by atoms with Crippen molar-refractivity contribution in [1.82, 2.24) is 20.4 Å². The van der Waals surface area contributed by atoms with E-state index in [2.05, 4.69) is 32.9 Å². The van der Waals surface area contributed by atoms with E-state index in [0.717, 1.165) is 27.8 Å². The van der Waals surface area contributed by atoms with Gasteiger partial charge in [-0.2, -0.15) is 5.10 Å². The molecule has 128 valence electrons. The van der Waals surface area contributed by atoms with E-state index in [9.17, 15) is 0 Å². The van der Waals surface area contributed by atoms with Gasteiger partial charge in [-0.05, 0) is 35.4 Å². The van der Waals surface area contributed by atoms with Crippen molar-refractivity contribution in [1.29, 1.82) is 0 Å². The maximum absolute atomic E-state index is 6.17. The highest BCUT2D eigenvalue weighted by atomic mass is 35.5. The number of hydrogen-bond donors (Lipinski definition) is 2. The van der Waals surface area contributed by atoms with Crippen molar-refractivity contribution in [3.63, 3.8) is 0 Å². The first kappa shape index (κ1) is 17.0. The molecule has 6 heteroatoms. The summed E-state index contributed by atoms with van der Waals surface area (Å²) in [6.07, 6.45) is 3.69. The third-order valence-corrected chi connectivity index (χ3v) is 4.16. The SMILES string of the molecule is CN=C(NCc1ccc(-n2cccn2)cc1)NCc1ccccc1Cl. The van der Waals surface area contributed by atoms with Crippen molar-refractivity contribution >= 4 is 17.6 Å². The van der Waals surface area contributed by atoms with Crippen LogP contribution in [0.15, 0.2) is 72.0 Å². The zero-order chi connectivity index (χ0) is 17.5. The van der Waals surface area contributed by atoms with Crippen LogP contribution in [0.4, 0.5) is 0 Å². The summed E-state index contributed by atoms with van der Waals surface area (Å²) in [4.78, 5) is 4.24. The molecule has 0 bridgehead atoms. The lowest BCUT2D eigenvalue weighted by molar-refractivity contribution is 0.808. The molecule has 0 aliphatic rings. The Kier molecular flexibility index (Phi) is 5.69. The van der Waals surface area contributed by atoms with E-state index in [1.807, 2.05) is 53.3 Å². The number of rotatable bonds is 5. The molecular weight excluding hydrogens is 334 g/mol. The first-order valence-corrected chi connectivity index (χ1v) is 8.41. The zero-order valence-electron chi connectivity index (χ0n) is 14.0. The molecule has 2 aromatic carbocycles. The average molecular weight is 354 g/mol. The number of guanidine groups is 1. The maximum Gasteiger partial charge on any atom is 0.191 e. The third-order valence-electron chi connectivity index (χ3n) is 3.79. The summed E-state index contributed by atoms with van der Waals surface area (Å²) in [5.74, 6) is 0.732. The number of halogens is 1. The standard InChI is InChI=1S/C19H20ClN5/c1-21-19(23-14-16-5-2-3-6-18(16)20)22-13-15-7-9-17(10-8-15)25-12-4-11-24-25/h2-12H,13-14H2,1H3,(H2,21,22,23). The lowest BCUT2D eigenvalue weighted by Crippen LogP contribution is -2.36. The molecule has 3 aromatic rings. The van der Waals surface area contributed by atoms with E-state index in [-0.39, 0.29) is 0 Å². The molecule has 0 aliphatic carbocycles. The van der Waals surface area contributed by atoms with Gasteiger partial charge in [0.2, 0.25) is 0 Å². The quantitative estimate of drug-likeness (QED) is 0.546. The van der Waals surface area contributed by atoms with Crippen LogP contribution in [0.25, 0.3) is 5.69 Å². The Morgan fingerprint density at radius 1 is 1.04 bits per heavy atom. The van der Waals surface area contributed by atoms with E-state index < -0.39 is 0 Å². The molecule has 5 nitrogen and oxygen atoms in total. The smallest absolute Gasteiger partial charge is 0.191 e. The van der Waals surface area contributed by atoms with E-state index in [4.69, 9.17) is 11.6 Å². The second-order valence-corrected chi connectivity index (χ2v) is 5.90. The van der Waals surface area contributed by atoms with Crippen molar-refractivity contribution < 1.29 is 0 Å². The number of nitrogens with one attached hydrogen (secondary N) is 2. The Hall–Kier alpha value is -2.79. The normalized spacial score (nSPS) is 11.4. The average Bonchev–Trinajstić information content (AvgIpc) is 3.18. The third kappa shape index (κ3) is 4.61. The van der Waals surface area contributed by atoms with E-state index in [0.29, 0.717) is 13.1 Å². The number of aliphatic imine (C=N–C) groups is 1. The zero-order valence-corrected chi connectivity index (χ0v) is 14.7. The molecule has 0 radical (unpaired) electrons. The summed E-state index contributed by atoms with van der Waals surface area (Å²) in [5, 5.41) is 11.5. The van der Waals surface area contributed by atoms with Gasteiger partial charge < -0.3 is 10.6 Å².